The third-order valence-corrected chi connectivity index (χ3v) is 4.69. The number of rotatable bonds is 2. The van der Waals surface area contributed by atoms with E-state index in [1.165, 1.54) is 18.6 Å². The van der Waals surface area contributed by atoms with Gasteiger partial charge in [0.15, 0.2) is 0 Å². The summed E-state index contributed by atoms with van der Waals surface area (Å²) in [7, 11) is 0. The van der Waals surface area contributed by atoms with E-state index in [0.717, 1.165) is 43.0 Å². The van der Waals surface area contributed by atoms with E-state index >= 15 is 0 Å². The van der Waals surface area contributed by atoms with E-state index in [4.69, 9.17) is 0 Å². The van der Waals surface area contributed by atoms with Crippen LogP contribution in [0.5, 0.6) is 0 Å². The van der Waals surface area contributed by atoms with Gasteiger partial charge in [0.05, 0.1) is 5.56 Å². The van der Waals surface area contributed by atoms with Crippen LogP contribution in [0.15, 0.2) is 24.3 Å². The molecule has 104 valence electrons. The highest BCUT2D eigenvalue weighted by atomic mass is 19.4. The van der Waals surface area contributed by atoms with Gasteiger partial charge in [-0.3, -0.25) is 4.90 Å². The smallest absolute Gasteiger partial charge is 0.299 e. The fourth-order valence-electron chi connectivity index (χ4n) is 3.34. The molecule has 1 aliphatic carbocycles. The van der Waals surface area contributed by atoms with Gasteiger partial charge in [0.1, 0.15) is 0 Å². The van der Waals surface area contributed by atoms with Gasteiger partial charge in [-0.25, -0.2) is 0 Å². The number of benzene rings is 1. The molecule has 0 unspecified atom stereocenters. The molecule has 0 N–H and O–H groups in total. The van der Waals surface area contributed by atoms with Gasteiger partial charge >= 0.3 is 6.18 Å². The maximum absolute atomic E-state index is 12.5. The zero-order valence-corrected chi connectivity index (χ0v) is 11.0. The topological polar surface area (TPSA) is 3.24 Å². The van der Waals surface area contributed by atoms with Crippen LogP contribution >= 0.6 is 0 Å². The molecule has 2 fully saturated rings. The lowest BCUT2D eigenvalue weighted by atomic mass is 10.1. The van der Waals surface area contributed by atoms with Crippen molar-refractivity contribution < 1.29 is 13.2 Å². The van der Waals surface area contributed by atoms with Crippen molar-refractivity contribution in [2.75, 3.05) is 13.1 Å². The third kappa shape index (κ3) is 2.64. The molecule has 1 aliphatic heterocycles. The summed E-state index contributed by atoms with van der Waals surface area (Å²) in [6.45, 7) is 5.25. The van der Waals surface area contributed by atoms with E-state index in [2.05, 4.69) is 11.8 Å². The first-order valence-electron chi connectivity index (χ1n) is 6.83. The predicted octanol–water partition coefficient (Wildman–Crippen LogP) is 3.79. The Bertz CT molecular complexity index is 451. The van der Waals surface area contributed by atoms with Crippen LogP contribution in [0.25, 0.3) is 0 Å². The number of nitrogens with zero attached hydrogens (tertiary/aromatic N) is 1. The molecule has 1 aromatic carbocycles. The normalized spacial score (nSPS) is 31.1. The van der Waals surface area contributed by atoms with E-state index in [0.29, 0.717) is 0 Å². The first-order chi connectivity index (χ1) is 8.95. The van der Waals surface area contributed by atoms with Crippen LogP contribution in [0.1, 0.15) is 24.5 Å². The molecule has 1 saturated heterocycles. The van der Waals surface area contributed by atoms with Crippen molar-refractivity contribution in [2.24, 2.45) is 17.8 Å². The Morgan fingerprint density at radius 3 is 2.42 bits per heavy atom. The highest BCUT2D eigenvalue weighted by molar-refractivity contribution is 5.24. The molecule has 19 heavy (non-hydrogen) atoms. The number of piperidine rings is 1. The van der Waals surface area contributed by atoms with Crippen LogP contribution < -0.4 is 0 Å². The minimum atomic E-state index is -4.24. The SMILES string of the molecule is C[C@@H]1[C@H]2CN(Cc3ccc(C(F)(F)F)cc3)CC[C@@H]12. The average Bonchev–Trinajstić information content (AvgIpc) is 2.99. The summed E-state index contributed by atoms with van der Waals surface area (Å²) in [5.74, 6) is 2.57. The molecule has 3 rings (SSSR count). The molecule has 2 aliphatic rings. The predicted molar refractivity (Wildman–Crippen MR) is 67.5 cm³/mol. The van der Waals surface area contributed by atoms with Crippen molar-refractivity contribution >= 4 is 0 Å². The van der Waals surface area contributed by atoms with Gasteiger partial charge < -0.3 is 0 Å². The molecule has 0 bridgehead atoms. The number of halogens is 3. The standard InChI is InChI=1S/C15H18F3N/c1-10-13-6-7-19(9-14(10)13)8-11-2-4-12(5-3-11)15(16,17)18/h2-5,10,13-14H,6-9H2,1H3/t10-,13-,14+/m0/s1. The first kappa shape index (κ1) is 13.0. The monoisotopic (exact) mass is 269 g/mol. The molecule has 0 radical (unpaired) electrons. The fraction of sp³-hybridized carbons (Fsp3) is 0.600. The number of alkyl halides is 3. The van der Waals surface area contributed by atoms with E-state index in [9.17, 15) is 13.2 Å². The summed E-state index contributed by atoms with van der Waals surface area (Å²) in [6.07, 6.45) is -2.99. The van der Waals surface area contributed by atoms with Crippen molar-refractivity contribution in [3.8, 4) is 0 Å². The van der Waals surface area contributed by atoms with Gasteiger partial charge in [-0.2, -0.15) is 13.2 Å². The zero-order chi connectivity index (χ0) is 13.6. The number of hydrogen-bond donors (Lipinski definition) is 0. The van der Waals surface area contributed by atoms with Crippen LogP contribution in [0.3, 0.4) is 0 Å². The van der Waals surface area contributed by atoms with Crippen LogP contribution in [0.4, 0.5) is 13.2 Å². The summed E-state index contributed by atoms with van der Waals surface area (Å²) in [4.78, 5) is 2.37. The number of likely N-dealkylation sites (tertiary alicyclic amines) is 1. The molecule has 1 aromatic rings. The fourth-order valence-corrected chi connectivity index (χ4v) is 3.34. The van der Waals surface area contributed by atoms with Gasteiger partial charge in [0.25, 0.3) is 0 Å². The lowest BCUT2D eigenvalue weighted by molar-refractivity contribution is -0.137. The first-order valence-corrected chi connectivity index (χ1v) is 6.83. The van der Waals surface area contributed by atoms with E-state index < -0.39 is 11.7 Å². The van der Waals surface area contributed by atoms with Gasteiger partial charge in [0.2, 0.25) is 0 Å². The molecule has 1 nitrogen and oxygen atoms in total. The van der Waals surface area contributed by atoms with E-state index in [1.807, 2.05) is 0 Å². The number of hydrogen-bond acceptors (Lipinski definition) is 1. The Hall–Kier alpha value is -1.03. The maximum atomic E-state index is 12.5. The van der Waals surface area contributed by atoms with E-state index in [1.54, 1.807) is 12.1 Å². The second kappa shape index (κ2) is 4.51. The van der Waals surface area contributed by atoms with Crippen molar-refractivity contribution in [3.63, 3.8) is 0 Å². The molecule has 1 heterocycles. The minimum Gasteiger partial charge on any atom is -0.299 e. The highest BCUT2D eigenvalue weighted by Crippen LogP contribution is 2.51. The lowest BCUT2D eigenvalue weighted by Gasteiger charge is -2.26. The summed E-state index contributed by atoms with van der Waals surface area (Å²) in [5.41, 5.74) is 0.408. The van der Waals surface area contributed by atoms with Gasteiger partial charge in [-0.1, -0.05) is 19.1 Å². The Balaban J connectivity index is 1.61. The molecule has 1 saturated carbocycles. The minimum absolute atomic E-state index is 0.564. The molecule has 0 amide bonds. The van der Waals surface area contributed by atoms with Crippen LogP contribution in [-0.4, -0.2) is 18.0 Å². The van der Waals surface area contributed by atoms with Crippen molar-refractivity contribution in [1.29, 1.82) is 0 Å². The van der Waals surface area contributed by atoms with Crippen molar-refractivity contribution in [2.45, 2.75) is 26.1 Å². The summed E-state index contributed by atoms with van der Waals surface area (Å²) in [5, 5.41) is 0. The molecule has 4 heteroatoms. The molecular formula is C15H18F3N. The number of fused-ring (bicyclic) bond motifs is 1. The highest BCUT2D eigenvalue weighted by Gasteiger charge is 2.49. The summed E-state index contributed by atoms with van der Waals surface area (Å²) in [6, 6.07) is 5.57. The second-order valence-corrected chi connectivity index (χ2v) is 5.91. The maximum Gasteiger partial charge on any atom is 0.416 e. The Kier molecular flexibility index (Phi) is 3.08. The Morgan fingerprint density at radius 1 is 1.16 bits per heavy atom. The van der Waals surface area contributed by atoms with Crippen LogP contribution in [-0.2, 0) is 12.7 Å². The molecule has 0 aromatic heterocycles. The average molecular weight is 269 g/mol. The van der Waals surface area contributed by atoms with E-state index in [-0.39, 0.29) is 0 Å². The van der Waals surface area contributed by atoms with Gasteiger partial charge in [-0.15, -0.1) is 0 Å². The van der Waals surface area contributed by atoms with Crippen molar-refractivity contribution in [1.82, 2.24) is 4.90 Å². The van der Waals surface area contributed by atoms with Crippen LogP contribution in [0, 0.1) is 17.8 Å². The van der Waals surface area contributed by atoms with Gasteiger partial charge in [0, 0.05) is 13.1 Å². The second-order valence-electron chi connectivity index (χ2n) is 5.91. The Labute approximate surface area is 111 Å². The molecular weight excluding hydrogens is 251 g/mol. The Morgan fingerprint density at radius 2 is 1.84 bits per heavy atom. The lowest BCUT2D eigenvalue weighted by Crippen LogP contribution is -2.30. The molecule has 3 atom stereocenters. The zero-order valence-electron chi connectivity index (χ0n) is 11.0. The molecule has 0 spiro atoms. The summed E-state index contributed by atoms with van der Waals surface area (Å²) >= 11 is 0. The quantitative estimate of drug-likeness (QED) is 0.789. The van der Waals surface area contributed by atoms with Crippen LogP contribution in [0.2, 0.25) is 0 Å². The summed E-state index contributed by atoms with van der Waals surface area (Å²) < 4.78 is 37.4. The third-order valence-electron chi connectivity index (χ3n) is 4.69. The van der Waals surface area contributed by atoms with Crippen molar-refractivity contribution in [3.05, 3.63) is 35.4 Å². The van der Waals surface area contributed by atoms with Gasteiger partial charge in [-0.05, 0) is 48.4 Å². The largest absolute Gasteiger partial charge is 0.416 e.